The van der Waals surface area contributed by atoms with Gasteiger partial charge in [0, 0.05) is 24.4 Å². The quantitative estimate of drug-likeness (QED) is 0.607. The van der Waals surface area contributed by atoms with Gasteiger partial charge in [-0.25, -0.2) is 0 Å². The van der Waals surface area contributed by atoms with Crippen molar-refractivity contribution < 1.29 is 8.94 Å². The molecule has 144 valence electrons. The number of aromatic nitrogens is 3. The third kappa shape index (κ3) is 4.14. The average Bonchev–Trinajstić information content (AvgIpc) is 3.40. The van der Waals surface area contributed by atoms with Crippen molar-refractivity contribution in [2.24, 2.45) is 0 Å². The molecule has 6 nitrogen and oxygen atoms in total. The van der Waals surface area contributed by atoms with Gasteiger partial charge < -0.3 is 13.8 Å². The van der Waals surface area contributed by atoms with E-state index in [9.17, 15) is 0 Å². The van der Waals surface area contributed by atoms with Crippen molar-refractivity contribution in [1.82, 2.24) is 19.6 Å². The molecule has 0 N–H and O–H groups in total. The molecule has 0 saturated carbocycles. The standard InChI is InChI=1S/C20H26N4O2S/c1-13(17-7-6-15(3)25-17)8-10-24-9-4-5-16(12-24)19-20(27-23-21-19)18-11-14(2)22-26-18/h6-7,11,13,16H,4-5,8-10,12H2,1-3H3/t13-,16-/m0/s1. The lowest BCUT2D eigenvalue weighted by Crippen LogP contribution is -2.35. The molecule has 4 heterocycles. The Kier molecular flexibility index (Phi) is 5.41. The van der Waals surface area contributed by atoms with E-state index in [1.807, 2.05) is 26.0 Å². The van der Waals surface area contributed by atoms with Gasteiger partial charge in [-0.05, 0) is 69.9 Å². The summed E-state index contributed by atoms with van der Waals surface area (Å²) < 4.78 is 15.4. The molecule has 0 spiro atoms. The van der Waals surface area contributed by atoms with Crippen LogP contribution in [0.15, 0.2) is 27.1 Å². The zero-order valence-electron chi connectivity index (χ0n) is 16.1. The van der Waals surface area contributed by atoms with E-state index < -0.39 is 0 Å². The molecule has 0 radical (unpaired) electrons. The van der Waals surface area contributed by atoms with Crippen LogP contribution in [0.25, 0.3) is 10.6 Å². The van der Waals surface area contributed by atoms with Crippen LogP contribution < -0.4 is 0 Å². The molecule has 27 heavy (non-hydrogen) atoms. The molecule has 0 bridgehead atoms. The fourth-order valence-electron chi connectivity index (χ4n) is 3.82. The highest BCUT2D eigenvalue weighted by Crippen LogP contribution is 2.35. The molecule has 1 aliphatic rings. The van der Waals surface area contributed by atoms with Gasteiger partial charge in [-0.3, -0.25) is 0 Å². The fourth-order valence-corrected chi connectivity index (χ4v) is 4.52. The van der Waals surface area contributed by atoms with Gasteiger partial charge in [-0.15, -0.1) is 5.10 Å². The topological polar surface area (TPSA) is 68.2 Å². The number of furan rings is 1. The van der Waals surface area contributed by atoms with Crippen LogP contribution >= 0.6 is 11.5 Å². The predicted octanol–water partition coefficient (Wildman–Crippen LogP) is 4.78. The molecule has 3 aromatic rings. The summed E-state index contributed by atoms with van der Waals surface area (Å²) in [7, 11) is 0. The number of aryl methyl sites for hydroxylation is 2. The lowest BCUT2D eigenvalue weighted by atomic mass is 9.93. The Morgan fingerprint density at radius 1 is 1.33 bits per heavy atom. The van der Waals surface area contributed by atoms with E-state index in [0.29, 0.717) is 11.8 Å². The van der Waals surface area contributed by atoms with Gasteiger partial charge in [0.2, 0.25) is 0 Å². The number of hydrogen-bond donors (Lipinski definition) is 0. The molecule has 7 heteroatoms. The molecule has 4 rings (SSSR count). The second kappa shape index (κ2) is 7.94. The summed E-state index contributed by atoms with van der Waals surface area (Å²) in [6, 6.07) is 6.11. The van der Waals surface area contributed by atoms with Crippen LogP contribution in [0, 0.1) is 13.8 Å². The van der Waals surface area contributed by atoms with Crippen LogP contribution in [0.1, 0.15) is 60.9 Å². The summed E-state index contributed by atoms with van der Waals surface area (Å²) in [5, 5.41) is 8.45. The van der Waals surface area contributed by atoms with E-state index in [-0.39, 0.29) is 0 Å². The van der Waals surface area contributed by atoms with E-state index in [1.165, 1.54) is 18.0 Å². The normalized spacial score (nSPS) is 19.4. The zero-order chi connectivity index (χ0) is 18.8. The fraction of sp³-hybridized carbons (Fsp3) is 0.550. The summed E-state index contributed by atoms with van der Waals surface area (Å²) in [6.07, 6.45) is 3.43. The maximum Gasteiger partial charge on any atom is 0.180 e. The van der Waals surface area contributed by atoms with Gasteiger partial charge in [0.05, 0.1) is 11.4 Å². The van der Waals surface area contributed by atoms with E-state index in [2.05, 4.69) is 32.6 Å². The average molecular weight is 387 g/mol. The highest BCUT2D eigenvalue weighted by Gasteiger charge is 2.28. The van der Waals surface area contributed by atoms with Crippen LogP contribution in [-0.2, 0) is 0 Å². The SMILES string of the molecule is Cc1cc(-c2snnc2[C@H]2CCCN(CC[C@H](C)c3ccc(C)o3)C2)on1. The Hall–Kier alpha value is -1.99. The Balaban J connectivity index is 1.39. The maximum absolute atomic E-state index is 5.78. The van der Waals surface area contributed by atoms with E-state index in [1.54, 1.807) is 0 Å². The van der Waals surface area contributed by atoms with Gasteiger partial charge in [-0.1, -0.05) is 16.6 Å². The van der Waals surface area contributed by atoms with Crippen molar-refractivity contribution >= 4 is 11.5 Å². The minimum Gasteiger partial charge on any atom is -0.466 e. The van der Waals surface area contributed by atoms with Gasteiger partial charge in [0.15, 0.2) is 5.76 Å². The van der Waals surface area contributed by atoms with Crippen LogP contribution in [0.5, 0.6) is 0 Å². The first-order valence-electron chi connectivity index (χ1n) is 9.65. The lowest BCUT2D eigenvalue weighted by Gasteiger charge is -2.32. The highest BCUT2D eigenvalue weighted by molar-refractivity contribution is 7.09. The molecule has 1 saturated heterocycles. The van der Waals surface area contributed by atoms with Crippen LogP contribution in [0.2, 0.25) is 0 Å². The number of hydrogen-bond acceptors (Lipinski definition) is 7. The molecular formula is C20H26N4O2S. The minimum atomic E-state index is 0.402. The first-order chi connectivity index (χ1) is 13.1. The predicted molar refractivity (Wildman–Crippen MR) is 105 cm³/mol. The Labute approximate surface area is 163 Å². The molecule has 0 unspecified atom stereocenters. The summed E-state index contributed by atoms with van der Waals surface area (Å²) in [6.45, 7) is 9.43. The van der Waals surface area contributed by atoms with Crippen molar-refractivity contribution in [2.75, 3.05) is 19.6 Å². The molecular weight excluding hydrogens is 360 g/mol. The molecule has 0 amide bonds. The monoisotopic (exact) mass is 386 g/mol. The zero-order valence-corrected chi connectivity index (χ0v) is 17.0. The molecule has 1 fully saturated rings. The summed E-state index contributed by atoms with van der Waals surface area (Å²) >= 11 is 1.40. The summed E-state index contributed by atoms with van der Waals surface area (Å²) in [5.74, 6) is 3.71. The third-order valence-electron chi connectivity index (χ3n) is 5.38. The van der Waals surface area contributed by atoms with Gasteiger partial charge in [0.1, 0.15) is 16.4 Å². The maximum atomic E-state index is 5.78. The molecule has 0 aliphatic carbocycles. The molecule has 1 aliphatic heterocycles. The first-order valence-corrected chi connectivity index (χ1v) is 10.4. The largest absolute Gasteiger partial charge is 0.466 e. The van der Waals surface area contributed by atoms with Gasteiger partial charge in [0.25, 0.3) is 0 Å². The Morgan fingerprint density at radius 3 is 2.96 bits per heavy atom. The molecule has 0 aromatic carbocycles. The lowest BCUT2D eigenvalue weighted by molar-refractivity contribution is 0.198. The van der Waals surface area contributed by atoms with Crippen LogP contribution in [-0.4, -0.2) is 39.3 Å². The Morgan fingerprint density at radius 2 is 2.22 bits per heavy atom. The van der Waals surface area contributed by atoms with Gasteiger partial charge in [-0.2, -0.15) is 0 Å². The van der Waals surface area contributed by atoms with Crippen molar-refractivity contribution in [3.05, 3.63) is 41.1 Å². The summed E-state index contributed by atoms with van der Waals surface area (Å²) in [4.78, 5) is 3.58. The van der Waals surface area contributed by atoms with E-state index >= 15 is 0 Å². The number of piperidine rings is 1. The van der Waals surface area contributed by atoms with Crippen molar-refractivity contribution in [3.63, 3.8) is 0 Å². The minimum absolute atomic E-state index is 0.402. The van der Waals surface area contributed by atoms with Crippen molar-refractivity contribution in [2.45, 2.75) is 51.9 Å². The highest BCUT2D eigenvalue weighted by atomic mass is 32.1. The first kappa shape index (κ1) is 18.4. The molecule has 3 aromatic heterocycles. The van der Waals surface area contributed by atoms with Crippen LogP contribution in [0.4, 0.5) is 0 Å². The Bertz CT molecular complexity index is 884. The van der Waals surface area contributed by atoms with Crippen molar-refractivity contribution in [3.8, 4) is 10.6 Å². The summed E-state index contributed by atoms with van der Waals surface area (Å²) in [5.41, 5.74) is 1.95. The third-order valence-corrected chi connectivity index (χ3v) is 6.14. The number of likely N-dealkylation sites (tertiary alicyclic amines) is 1. The second-order valence-corrected chi connectivity index (χ2v) is 8.35. The number of nitrogens with zero attached hydrogens (tertiary/aromatic N) is 4. The number of rotatable bonds is 6. The molecule has 2 atom stereocenters. The van der Waals surface area contributed by atoms with Gasteiger partial charge >= 0.3 is 0 Å². The van der Waals surface area contributed by atoms with Crippen molar-refractivity contribution in [1.29, 1.82) is 0 Å². The second-order valence-electron chi connectivity index (χ2n) is 7.60. The van der Waals surface area contributed by atoms with Crippen LogP contribution in [0.3, 0.4) is 0 Å². The van der Waals surface area contributed by atoms with E-state index in [0.717, 1.165) is 66.0 Å². The van der Waals surface area contributed by atoms with E-state index in [4.69, 9.17) is 8.94 Å². The smallest absolute Gasteiger partial charge is 0.180 e.